The highest BCUT2D eigenvalue weighted by atomic mass is 14.4. The Bertz CT molecular complexity index is 4650. The van der Waals surface area contributed by atoms with Crippen molar-refractivity contribution >= 4 is 64.6 Å². The van der Waals surface area contributed by atoms with Gasteiger partial charge in [-0.15, -0.1) is 0 Å². The Morgan fingerprint density at radius 3 is 1.54 bits per heavy atom. The number of hydrogen-bond acceptors (Lipinski definition) is 0. The summed E-state index contributed by atoms with van der Waals surface area (Å²) >= 11 is 0. The lowest BCUT2D eigenvalue weighted by Crippen LogP contribution is -2.15. The fourth-order valence-electron chi connectivity index (χ4n) is 9.48. The number of rotatable bonds is 4. The first kappa shape index (κ1) is 20.4. The van der Waals surface area contributed by atoms with Gasteiger partial charge in [0.1, 0.15) is 0 Å². The zero-order chi connectivity index (χ0) is 53.8. The predicted molar refractivity (Wildman–Crippen MR) is 253 cm³/mol. The topological polar surface area (TPSA) is 0 Å². The van der Waals surface area contributed by atoms with Gasteiger partial charge < -0.3 is 0 Å². The van der Waals surface area contributed by atoms with E-state index in [0.29, 0.717) is 11.1 Å². The summed E-state index contributed by atoms with van der Waals surface area (Å²) in [5.74, 6) is 0. The second-order valence-corrected chi connectivity index (χ2v) is 15.9. The molecule has 12 aromatic carbocycles. The molecule has 1 aliphatic rings. The number of fused-ring (bicyclic) bond motifs is 3. The maximum Gasteiger partial charge on any atom is 0.0636 e. The smallest absolute Gasteiger partial charge is 0.0622 e. The lowest BCUT2D eigenvalue weighted by atomic mass is 9.80. The Kier molecular flexibility index (Phi) is 4.11. The summed E-state index contributed by atoms with van der Waals surface area (Å²) in [7, 11) is 0. The minimum absolute atomic E-state index is 0.0105. The molecule has 0 saturated carbocycles. The molecule has 0 amide bonds. The molecular formula is C59H38. The summed E-state index contributed by atoms with van der Waals surface area (Å²) in [6.45, 7) is 4.30. The van der Waals surface area contributed by atoms with Crippen LogP contribution >= 0.6 is 0 Å². The molecule has 0 unspecified atom stereocenters. The van der Waals surface area contributed by atoms with E-state index in [9.17, 15) is 9.60 Å². The molecule has 0 aromatic heterocycles. The van der Waals surface area contributed by atoms with Crippen molar-refractivity contribution in [1.82, 2.24) is 0 Å². The zero-order valence-corrected chi connectivity index (χ0v) is 31.7. The van der Waals surface area contributed by atoms with E-state index < -0.39 is 90.0 Å². The molecule has 0 bridgehead atoms. The van der Waals surface area contributed by atoms with E-state index in [0.717, 1.165) is 33.4 Å². The quantitative estimate of drug-likeness (QED) is 0.157. The maximum absolute atomic E-state index is 10.1. The van der Waals surface area contributed by atoms with Crippen molar-refractivity contribution < 1.29 is 23.3 Å². The summed E-state index contributed by atoms with van der Waals surface area (Å²) in [5, 5.41) is -0.611. The Hall–Kier alpha value is -7.28. The molecule has 0 heteroatoms. The fraction of sp³-hybridized carbons (Fsp3) is 0.0508. The summed E-state index contributed by atoms with van der Waals surface area (Å²) in [4.78, 5) is 0. The molecule has 0 N–H and O–H groups in total. The lowest BCUT2D eigenvalue weighted by molar-refractivity contribution is 0.661. The van der Waals surface area contributed by atoms with Gasteiger partial charge in [0, 0.05) is 5.41 Å². The van der Waals surface area contributed by atoms with E-state index in [1.54, 1.807) is 18.2 Å². The highest BCUT2D eigenvalue weighted by molar-refractivity contribution is 6.27. The summed E-state index contributed by atoms with van der Waals surface area (Å²) < 4.78 is 157. The van der Waals surface area contributed by atoms with Gasteiger partial charge in [0.2, 0.25) is 0 Å². The van der Waals surface area contributed by atoms with Gasteiger partial charge >= 0.3 is 0 Å². The second kappa shape index (κ2) is 11.9. The van der Waals surface area contributed by atoms with Crippen LogP contribution < -0.4 is 0 Å². The third-order valence-electron chi connectivity index (χ3n) is 12.3. The Morgan fingerprint density at radius 2 is 0.847 bits per heavy atom. The van der Waals surface area contributed by atoms with Gasteiger partial charge in [-0.25, -0.2) is 0 Å². The molecule has 0 fully saturated rings. The molecule has 0 nitrogen and oxygen atoms in total. The van der Waals surface area contributed by atoms with Crippen LogP contribution in [0.5, 0.6) is 0 Å². The third kappa shape index (κ3) is 4.66. The molecule has 0 aliphatic heterocycles. The van der Waals surface area contributed by atoms with Crippen LogP contribution in [0.15, 0.2) is 194 Å². The molecule has 59 heavy (non-hydrogen) atoms. The Balaban J connectivity index is 1.18. The van der Waals surface area contributed by atoms with Gasteiger partial charge in [-0.1, -0.05) is 171 Å². The molecule has 0 heterocycles. The van der Waals surface area contributed by atoms with E-state index in [2.05, 4.69) is 50.2 Å². The van der Waals surface area contributed by atoms with Crippen LogP contribution in [0.4, 0.5) is 0 Å². The van der Waals surface area contributed by atoms with Crippen molar-refractivity contribution in [3.63, 3.8) is 0 Å². The SMILES string of the molecule is [2H]c1cc2c(-c3cc(-c4ccc5c(c4)C(C)(C)c4cc(-c6ccccc6)ccc4-5)cc(-c4c([2H])c([2H])c5c([2H])c([2H])c6c([2H])c([2H])c([2H])c7c([2H])c([2H])c4c5c67)c3)c([2H])c3c([2H])c([2H])c([2H])c4c([2H])c([2H])c(c1[2H])c2c34. The van der Waals surface area contributed by atoms with Gasteiger partial charge in [0.05, 0.1) is 23.3 Å². The minimum Gasteiger partial charge on any atom is -0.0622 e. The average molecular weight is 764 g/mol. The first-order valence-corrected chi connectivity index (χ1v) is 19.4. The van der Waals surface area contributed by atoms with Crippen LogP contribution in [-0.2, 0) is 5.41 Å². The summed E-state index contributed by atoms with van der Waals surface area (Å²) in [6.07, 6.45) is 0. The maximum atomic E-state index is 10.1. The van der Waals surface area contributed by atoms with Gasteiger partial charge in [0.15, 0.2) is 0 Å². The van der Waals surface area contributed by atoms with E-state index >= 15 is 0 Å². The van der Waals surface area contributed by atoms with Crippen LogP contribution in [0, 0.1) is 0 Å². The average Bonchev–Trinajstić information content (AvgIpc) is 3.82. The van der Waals surface area contributed by atoms with Gasteiger partial charge in [0.25, 0.3) is 0 Å². The molecule has 13 rings (SSSR count). The van der Waals surface area contributed by atoms with Gasteiger partial charge in [-0.3, -0.25) is 0 Å². The van der Waals surface area contributed by atoms with E-state index in [4.69, 9.17) is 13.7 Å². The Labute approximate surface area is 367 Å². The largest absolute Gasteiger partial charge is 0.0636 e. The van der Waals surface area contributed by atoms with Gasteiger partial charge in [-0.2, -0.15) is 0 Å². The van der Waals surface area contributed by atoms with Crippen LogP contribution in [0.25, 0.3) is 120 Å². The molecule has 0 radical (unpaired) electrons. The highest BCUT2D eigenvalue weighted by Gasteiger charge is 2.36. The Morgan fingerprint density at radius 1 is 0.339 bits per heavy atom. The van der Waals surface area contributed by atoms with Crippen molar-refractivity contribution in [2.45, 2.75) is 19.3 Å². The van der Waals surface area contributed by atoms with Crippen LogP contribution in [0.3, 0.4) is 0 Å². The second-order valence-electron chi connectivity index (χ2n) is 15.9. The normalized spacial score (nSPS) is 17.4. The van der Waals surface area contributed by atoms with Crippen LogP contribution in [0.2, 0.25) is 0 Å². The van der Waals surface area contributed by atoms with E-state index in [1.165, 1.54) is 6.07 Å². The van der Waals surface area contributed by atoms with E-state index in [-0.39, 0.29) is 105 Å². The third-order valence-corrected chi connectivity index (χ3v) is 12.3. The van der Waals surface area contributed by atoms with Crippen molar-refractivity contribution in [2.24, 2.45) is 0 Å². The van der Waals surface area contributed by atoms with Crippen molar-refractivity contribution in [3.8, 4) is 55.6 Å². The fourth-order valence-corrected chi connectivity index (χ4v) is 9.48. The van der Waals surface area contributed by atoms with Crippen LogP contribution in [0.1, 0.15) is 48.3 Å². The highest BCUT2D eigenvalue weighted by Crippen LogP contribution is 2.51. The first-order valence-electron chi connectivity index (χ1n) is 27.9. The molecule has 274 valence electrons. The van der Waals surface area contributed by atoms with Crippen molar-refractivity contribution in [1.29, 1.82) is 0 Å². The first-order chi connectivity index (χ1) is 36.1. The lowest BCUT2D eigenvalue weighted by Gasteiger charge is -2.23. The van der Waals surface area contributed by atoms with Gasteiger partial charge in [-0.05, 0) is 168 Å². The molecule has 0 saturated heterocycles. The number of hydrogen-bond donors (Lipinski definition) is 0. The number of benzene rings is 12. The predicted octanol–water partition coefficient (Wildman–Crippen LogP) is 16.5. The minimum atomic E-state index is -0.592. The zero-order valence-electron chi connectivity index (χ0n) is 48.7. The summed E-state index contributed by atoms with van der Waals surface area (Å²) in [5.41, 5.74) is 7.44. The summed E-state index contributed by atoms with van der Waals surface area (Å²) in [6, 6.07) is 20.9. The molecule has 1 aliphatic carbocycles. The van der Waals surface area contributed by atoms with E-state index in [1.807, 2.05) is 30.3 Å². The van der Waals surface area contributed by atoms with Crippen molar-refractivity contribution in [2.75, 3.05) is 0 Å². The molecule has 0 spiro atoms. The molecule has 12 aromatic rings. The van der Waals surface area contributed by atoms with Crippen molar-refractivity contribution in [3.05, 3.63) is 205 Å². The monoisotopic (exact) mass is 763 g/mol. The molecular weight excluding hydrogens is 709 g/mol. The van der Waals surface area contributed by atoms with Crippen LogP contribution in [-0.4, -0.2) is 0 Å². The standard InChI is InChI=1S/C59H38/c1-59(2)53-33-41(35-9-4-3-5-10-35)23-26-48(53)49-27-24-42(34-54(49)59)44-29-45(47-25-21-40-20-18-36-11-6-12-38-22-28-51(47)58(40)55(36)38)31-46(30-44)52-32-43-15-7-13-37-17-19-39-14-8-16-50(52)57(39)56(37)43/h3-34H,1-2H3/i6D,7D,8D,11D,12D,13D,14D,15D,17D,18D,19D,20D,21D,22D,25D,28D,32D. The molecule has 0 atom stereocenters.